The van der Waals surface area contributed by atoms with E-state index in [9.17, 15) is 13.6 Å². The average molecular weight is 323 g/mol. The minimum absolute atomic E-state index is 0.189. The van der Waals surface area contributed by atoms with Crippen LogP contribution in [0.4, 0.5) is 14.5 Å². The summed E-state index contributed by atoms with van der Waals surface area (Å²) in [5.74, 6) is -1.21. The van der Waals surface area contributed by atoms with Crippen molar-refractivity contribution >= 4 is 11.6 Å². The number of nitrogens with one attached hydrogen (secondary N) is 1. The van der Waals surface area contributed by atoms with Gasteiger partial charge < -0.3 is 5.32 Å². The van der Waals surface area contributed by atoms with E-state index in [1.165, 1.54) is 24.3 Å². The van der Waals surface area contributed by atoms with E-state index in [-0.39, 0.29) is 17.9 Å². The van der Waals surface area contributed by atoms with Gasteiger partial charge in [-0.25, -0.2) is 8.78 Å². The Balaban J connectivity index is 1.89. The van der Waals surface area contributed by atoms with Crippen molar-refractivity contribution < 1.29 is 13.6 Å². The zero-order valence-electron chi connectivity index (χ0n) is 12.8. The summed E-state index contributed by atoms with van der Waals surface area (Å²) in [7, 11) is 0. The highest BCUT2D eigenvalue weighted by Crippen LogP contribution is 2.30. The molecule has 0 fully saturated rings. The molecule has 3 aromatic carbocycles. The molecule has 4 heteroatoms. The van der Waals surface area contributed by atoms with Crippen LogP contribution in [0.25, 0.3) is 11.1 Å². The lowest BCUT2D eigenvalue weighted by atomic mass is 10.0. The van der Waals surface area contributed by atoms with E-state index < -0.39 is 11.6 Å². The second-order valence-electron chi connectivity index (χ2n) is 5.38. The lowest BCUT2D eigenvalue weighted by Gasteiger charge is -2.12. The molecule has 0 aromatic heterocycles. The molecule has 0 unspecified atom stereocenters. The maximum Gasteiger partial charge on any atom is 0.228 e. The first-order valence-corrected chi connectivity index (χ1v) is 7.52. The molecule has 0 spiro atoms. The molecule has 0 atom stereocenters. The summed E-state index contributed by atoms with van der Waals surface area (Å²) in [5, 5.41) is 2.74. The van der Waals surface area contributed by atoms with Crippen molar-refractivity contribution in [2.75, 3.05) is 5.32 Å². The third kappa shape index (κ3) is 3.66. The van der Waals surface area contributed by atoms with Gasteiger partial charge in [-0.15, -0.1) is 0 Å². The minimum atomic E-state index is -0.491. The van der Waals surface area contributed by atoms with Crippen LogP contribution < -0.4 is 5.32 Å². The summed E-state index contributed by atoms with van der Waals surface area (Å²) in [6, 6.07) is 19.3. The molecule has 1 amide bonds. The fourth-order valence-electron chi connectivity index (χ4n) is 2.50. The molecular formula is C20H15F2NO. The van der Waals surface area contributed by atoms with Crippen molar-refractivity contribution in [3.8, 4) is 11.1 Å². The van der Waals surface area contributed by atoms with E-state index in [0.29, 0.717) is 11.3 Å². The molecule has 0 heterocycles. The number of carbonyl (C=O) groups excluding carboxylic acids is 1. The molecule has 1 N–H and O–H groups in total. The van der Waals surface area contributed by atoms with Gasteiger partial charge in [0.1, 0.15) is 11.6 Å². The monoisotopic (exact) mass is 323 g/mol. The van der Waals surface area contributed by atoms with Crippen LogP contribution in [0, 0.1) is 11.6 Å². The number of anilines is 1. The van der Waals surface area contributed by atoms with Gasteiger partial charge in [-0.3, -0.25) is 4.79 Å². The molecular weight excluding hydrogens is 308 g/mol. The summed E-state index contributed by atoms with van der Waals surface area (Å²) in [6.07, 6.45) is 0.189. The van der Waals surface area contributed by atoms with Gasteiger partial charge in [-0.2, -0.15) is 0 Å². The predicted octanol–water partition coefficient (Wildman–Crippen LogP) is 4.81. The first-order valence-electron chi connectivity index (χ1n) is 7.52. The maximum atomic E-state index is 14.0. The molecule has 0 aliphatic heterocycles. The SMILES string of the molecule is O=C(Cc1ccccc1)Nc1ccc(F)cc1-c1ccccc1F. The van der Waals surface area contributed by atoms with Gasteiger partial charge >= 0.3 is 0 Å². The average Bonchev–Trinajstić information content (AvgIpc) is 2.58. The lowest BCUT2D eigenvalue weighted by molar-refractivity contribution is -0.115. The Bertz CT molecular complexity index is 863. The number of halogens is 2. The fraction of sp³-hybridized carbons (Fsp3) is 0.0500. The van der Waals surface area contributed by atoms with E-state index in [1.807, 2.05) is 30.3 Å². The highest BCUT2D eigenvalue weighted by atomic mass is 19.1. The number of rotatable bonds is 4. The summed E-state index contributed by atoms with van der Waals surface area (Å²) in [5.41, 5.74) is 1.80. The van der Waals surface area contributed by atoms with Crippen LogP contribution in [0.5, 0.6) is 0 Å². The Labute approximate surface area is 138 Å². The fourth-order valence-corrected chi connectivity index (χ4v) is 2.50. The van der Waals surface area contributed by atoms with E-state index in [4.69, 9.17) is 0 Å². The van der Waals surface area contributed by atoms with Gasteiger partial charge in [0.05, 0.1) is 6.42 Å². The van der Waals surface area contributed by atoms with Crippen LogP contribution in [0.2, 0.25) is 0 Å². The molecule has 0 radical (unpaired) electrons. The first-order chi connectivity index (χ1) is 11.6. The number of hydrogen-bond donors (Lipinski definition) is 1. The van der Waals surface area contributed by atoms with Gasteiger partial charge in [-0.1, -0.05) is 48.5 Å². The van der Waals surface area contributed by atoms with E-state index in [2.05, 4.69) is 5.32 Å². The molecule has 0 aliphatic rings. The Morgan fingerprint density at radius 1 is 0.833 bits per heavy atom. The Morgan fingerprint density at radius 3 is 2.29 bits per heavy atom. The number of carbonyl (C=O) groups is 1. The van der Waals surface area contributed by atoms with Gasteiger partial charge in [0, 0.05) is 16.8 Å². The number of benzene rings is 3. The molecule has 2 nitrogen and oxygen atoms in total. The van der Waals surface area contributed by atoms with Gasteiger partial charge in [0.15, 0.2) is 0 Å². The Hall–Kier alpha value is -3.01. The molecule has 0 bridgehead atoms. The number of hydrogen-bond acceptors (Lipinski definition) is 1. The maximum absolute atomic E-state index is 14.0. The van der Waals surface area contributed by atoms with Crippen molar-refractivity contribution in [2.45, 2.75) is 6.42 Å². The van der Waals surface area contributed by atoms with Crippen LogP contribution in [-0.4, -0.2) is 5.91 Å². The van der Waals surface area contributed by atoms with Crippen LogP contribution >= 0.6 is 0 Å². The highest BCUT2D eigenvalue weighted by Gasteiger charge is 2.13. The second kappa shape index (κ2) is 7.04. The summed E-state index contributed by atoms with van der Waals surface area (Å²) < 4.78 is 27.6. The molecule has 24 heavy (non-hydrogen) atoms. The second-order valence-corrected chi connectivity index (χ2v) is 5.38. The van der Waals surface area contributed by atoms with Gasteiger partial charge in [0.2, 0.25) is 5.91 Å². The van der Waals surface area contributed by atoms with Crippen molar-refractivity contribution in [3.05, 3.63) is 90.0 Å². The first kappa shape index (κ1) is 15.9. The van der Waals surface area contributed by atoms with Gasteiger partial charge in [0.25, 0.3) is 0 Å². The zero-order chi connectivity index (χ0) is 16.9. The highest BCUT2D eigenvalue weighted by molar-refractivity contribution is 5.96. The Kier molecular flexibility index (Phi) is 4.66. The molecule has 3 rings (SSSR count). The third-order valence-corrected chi connectivity index (χ3v) is 3.63. The van der Waals surface area contributed by atoms with Crippen LogP contribution in [0.1, 0.15) is 5.56 Å². The topological polar surface area (TPSA) is 29.1 Å². The number of amides is 1. The molecule has 0 saturated carbocycles. The van der Waals surface area contributed by atoms with Crippen molar-refractivity contribution in [2.24, 2.45) is 0 Å². The quantitative estimate of drug-likeness (QED) is 0.733. The normalized spacial score (nSPS) is 10.4. The molecule has 0 aliphatic carbocycles. The van der Waals surface area contributed by atoms with Crippen molar-refractivity contribution in [3.63, 3.8) is 0 Å². The zero-order valence-corrected chi connectivity index (χ0v) is 12.8. The van der Waals surface area contributed by atoms with E-state index in [1.54, 1.807) is 18.2 Å². The standard InChI is InChI=1S/C20H15F2NO/c21-15-10-11-19(17(13-15)16-8-4-5-9-18(16)22)23-20(24)12-14-6-2-1-3-7-14/h1-11,13H,12H2,(H,23,24). The summed E-state index contributed by atoms with van der Waals surface area (Å²) >= 11 is 0. The summed E-state index contributed by atoms with van der Waals surface area (Å²) in [4.78, 5) is 12.2. The van der Waals surface area contributed by atoms with Gasteiger partial charge in [-0.05, 0) is 29.8 Å². The molecule has 0 saturated heterocycles. The lowest BCUT2D eigenvalue weighted by Crippen LogP contribution is -2.15. The van der Waals surface area contributed by atoms with E-state index in [0.717, 1.165) is 5.56 Å². The van der Waals surface area contributed by atoms with Crippen molar-refractivity contribution in [1.82, 2.24) is 0 Å². The predicted molar refractivity (Wildman–Crippen MR) is 90.6 cm³/mol. The third-order valence-electron chi connectivity index (χ3n) is 3.63. The summed E-state index contributed by atoms with van der Waals surface area (Å²) in [6.45, 7) is 0. The molecule has 3 aromatic rings. The van der Waals surface area contributed by atoms with Crippen LogP contribution in [0.3, 0.4) is 0 Å². The largest absolute Gasteiger partial charge is 0.325 e. The van der Waals surface area contributed by atoms with E-state index >= 15 is 0 Å². The van der Waals surface area contributed by atoms with Crippen molar-refractivity contribution in [1.29, 1.82) is 0 Å². The van der Waals surface area contributed by atoms with Crippen LogP contribution in [0.15, 0.2) is 72.8 Å². The molecule has 120 valence electrons. The Morgan fingerprint density at radius 2 is 1.54 bits per heavy atom. The smallest absolute Gasteiger partial charge is 0.228 e. The van der Waals surface area contributed by atoms with Crippen LogP contribution in [-0.2, 0) is 11.2 Å². The minimum Gasteiger partial charge on any atom is -0.325 e.